The fraction of sp³-hybridized carbons (Fsp3) is 0.429. The predicted molar refractivity (Wildman–Crippen MR) is 137 cm³/mol. The number of nitrogens with zero attached hydrogens (tertiary/aromatic N) is 2. The maximum Gasteiger partial charge on any atom is 0.308 e. The van der Waals surface area contributed by atoms with Gasteiger partial charge >= 0.3 is 5.97 Å². The summed E-state index contributed by atoms with van der Waals surface area (Å²) in [6.07, 6.45) is 3.82. The van der Waals surface area contributed by atoms with Gasteiger partial charge in [0.25, 0.3) is 0 Å². The second-order valence-electron chi connectivity index (χ2n) is 9.32. The molecule has 3 atom stereocenters. The van der Waals surface area contributed by atoms with Crippen LogP contribution in [0, 0.1) is 11.8 Å². The molecule has 1 fully saturated rings. The SMILES string of the molecule is COc1ccc2nccc([C@H](F)CC[C@@H]3CCN(CCCc4ccccc4Cl)C[C@@H]3C(=O)O)c2c1. The van der Waals surface area contributed by atoms with Crippen LogP contribution in [-0.4, -0.2) is 47.7 Å². The van der Waals surface area contributed by atoms with Crippen molar-refractivity contribution in [3.8, 4) is 5.75 Å². The summed E-state index contributed by atoms with van der Waals surface area (Å²) in [5.74, 6) is -0.647. The van der Waals surface area contributed by atoms with E-state index < -0.39 is 18.1 Å². The Morgan fingerprint density at radius 3 is 2.89 bits per heavy atom. The summed E-state index contributed by atoms with van der Waals surface area (Å²) in [5, 5.41) is 11.4. The maximum absolute atomic E-state index is 15.4. The third-order valence-corrected chi connectivity index (χ3v) is 7.52. The first-order valence-electron chi connectivity index (χ1n) is 12.2. The van der Waals surface area contributed by atoms with E-state index in [-0.39, 0.29) is 12.3 Å². The van der Waals surface area contributed by atoms with Gasteiger partial charge in [-0.2, -0.15) is 0 Å². The predicted octanol–water partition coefficient (Wildman–Crippen LogP) is 6.34. The molecule has 1 aromatic heterocycles. The topological polar surface area (TPSA) is 62.7 Å². The van der Waals surface area contributed by atoms with Gasteiger partial charge in [-0.25, -0.2) is 4.39 Å². The summed E-state index contributed by atoms with van der Waals surface area (Å²) in [7, 11) is 1.58. The van der Waals surface area contributed by atoms with Gasteiger partial charge in [-0.1, -0.05) is 29.8 Å². The number of carboxylic acids is 1. The molecule has 0 saturated carbocycles. The van der Waals surface area contributed by atoms with Gasteiger partial charge in [0.1, 0.15) is 11.9 Å². The Balaban J connectivity index is 1.34. The van der Waals surface area contributed by atoms with Gasteiger partial charge in [-0.15, -0.1) is 0 Å². The fourth-order valence-corrected chi connectivity index (χ4v) is 5.38. The lowest BCUT2D eigenvalue weighted by Crippen LogP contribution is -2.44. The zero-order valence-electron chi connectivity index (χ0n) is 20.0. The van der Waals surface area contributed by atoms with Crippen LogP contribution in [0.4, 0.5) is 4.39 Å². The van der Waals surface area contributed by atoms with Crippen LogP contribution in [0.3, 0.4) is 0 Å². The van der Waals surface area contributed by atoms with Crippen LogP contribution in [0.5, 0.6) is 5.75 Å². The summed E-state index contributed by atoms with van der Waals surface area (Å²) in [6, 6.07) is 15.0. The van der Waals surface area contributed by atoms with Gasteiger partial charge < -0.3 is 14.7 Å². The van der Waals surface area contributed by atoms with Crippen LogP contribution >= 0.6 is 11.6 Å². The fourth-order valence-electron chi connectivity index (χ4n) is 5.15. The molecule has 3 aromatic rings. The van der Waals surface area contributed by atoms with Crippen molar-refractivity contribution < 1.29 is 19.0 Å². The molecular formula is C28H32ClFN2O3. The number of alkyl halides is 1. The smallest absolute Gasteiger partial charge is 0.308 e. The molecule has 0 unspecified atom stereocenters. The summed E-state index contributed by atoms with van der Waals surface area (Å²) < 4.78 is 20.7. The van der Waals surface area contributed by atoms with E-state index >= 15 is 4.39 Å². The molecule has 4 rings (SSSR count). The maximum atomic E-state index is 15.4. The van der Waals surface area contributed by atoms with Crippen LogP contribution in [-0.2, 0) is 11.2 Å². The van der Waals surface area contributed by atoms with E-state index in [1.54, 1.807) is 19.4 Å². The Labute approximate surface area is 210 Å². The van der Waals surface area contributed by atoms with Crippen LogP contribution in [0.15, 0.2) is 54.7 Å². The molecule has 1 aliphatic heterocycles. The Morgan fingerprint density at radius 1 is 1.29 bits per heavy atom. The lowest BCUT2D eigenvalue weighted by Gasteiger charge is -2.37. The van der Waals surface area contributed by atoms with Crippen molar-refractivity contribution in [3.05, 3.63) is 70.9 Å². The minimum absolute atomic E-state index is 0.0341. The molecule has 0 spiro atoms. The number of benzene rings is 2. The third-order valence-electron chi connectivity index (χ3n) is 7.15. The molecule has 0 bridgehead atoms. The van der Waals surface area contributed by atoms with Crippen molar-refractivity contribution in [2.45, 2.75) is 38.3 Å². The van der Waals surface area contributed by atoms with Crippen LogP contribution < -0.4 is 4.74 Å². The number of methoxy groups -OCH3 is 1. The number of carbonyl (C=O) groups is 1. The summed E-state index contributed by atoms with van der Waals surface area (Å²) in [4.78, 5) is 18.6. The number of aliphatic carboxylic acids is 1. The Bertz CT molecular complexity index is 1160. The molecule has 1 saturated heterocycles. The van der Waals surface area contributed by atoms with Crippen LogP contribution in [0.2, 0.25) is 5.02 Å². The number of fused-ring (bicyclic) bond motifs is 1. The van der Waals surface area contributed by atoms with E-state index in [0.29, 0.717) is 24.3 Å². The standard InChI is InChI=1S/C28H32ClFN2O3/c1-35-21-9-11-27-23(17-21)22(12-14-31-27)26(30)10-8-19-13-16-32(18-24(19)28(33)34)15-4-6-20-5-2-3-7-25(20)29/h2-3,5,7,9,11-12,14,17,19,24,26H,4,6,8,10,13,15-16,18H2,1H3,(H,33,34)/t19-,24+,26-/m1/s1. The minimum atomic E-state index is -1.18. The lowest BCUT2D eigenvalue weighted by atomic mass is 9.81. The molecule has 2 heterocycles. The highest BCUT2D eigenvalue weighted by Crippen LogP contribution is 2.35. The van der Waals surface area contributed by atoms with Gasteiger partial charge in [-0.3, -0.25) is 9.78 Å². The first-order valence-corrected chi connectivity index (χ1v) is 12.6. The molecule has 0 radical (unpaired) electrons. The van der Waals surface area contributed by atoms with Crippen molar-refractivity contribution in [3.63, 3.8) is 0 Å². The van der Waals surface area contributed by atoms with Gasteiger partial charge in [-0.05, 0) is 92.6 Å². The van der Waals surface area contributed by atoms with Crippen molar-refractivity contribution >= 4 is 28.5 Å². The number of rotatable bonds is 10. The quantitative estimate of drug-likeness (QED) is 0.353. The molecule has 0 aliphatic carbocycles. The van der Waals surface area contributed by atoms with Gasteiger partial charge in [0, 0.05) is 23.2 Å². The van der Waals surface area contributed by atoms with Gasteiger partial charge in [0.05, 0.1) is 18.5 Å². The largest absolute Gasteiger partial charge is 0.497 e. The monoisotopic (exact) mass is 498 g/mol. The highest BCUT2D eigenvalue weighted by atomic mass is 35.5. The number of hydrogen-bond acceptors (Lipinski definition) is 4. The second-order valence-corrected chi connectivity index (χ2v) is 9.72. The van der Waals surface area contributed by atoms with Crippen LogP contribution in [0.1, 0.15) is 43.0 Å². The average molecular weight is 499 g/mol. The first-order chi connectivity index (χ1) is 17.0. The molecule has 0 amide bonds. The Hall–Kier alpha value is -2.70. The number of hydrogen-bond donors (Lipinski definition) is 1. The first kappa shape index (κ1) is 25.4. The van der Waals surface area contributed by atoms with E-state index in [4.69, 9.17) is 16.3 Å². The third kappa shape index (κ3) is 6.30. The zero-order valence-corrected chi connectivity index (χ0v) is 20.8. The van der Waals surface area contributed by atoms with Gasteiger partial charge in [0.15, 0.2) is 0 Å². The molecule has 7 heteroatoms. The molecule has 2 aromatic carbocycles. The second kappa shape index (κ2) is 11.8. The number of ether oxygens (including phenoxy) is 1. The normalized spacial score (nSPS) is 19.5. The molecule has 1 aliphatic rings. The average Bonchev–Trinajstić information content (AvgIpc) is 2.88. The number of aryl methyl sites for hydroxylation is 1. The Morgan fingerprint density at radius 2 is 2.11 bits per heavy atom. The van der Waals surface area contributed by atoms with Crippen LogP contribution in [0.25, 0.3) is 10.9 Å². The summed E-state index contributed by atoms with van der Waals surface area (Å²) >= 11 is 6.25. The number of carboxylic acid groups (broad SMARTS) is 1. The molecule has 186 valence electrons. The Kier molecular flexibility index (Phi) is 8.58. The summed E-state index contributed by atoms with van der Waals surface area (Å²) in [5.41, 5.74) is 2.42. The number of aromatic nitrogens is 1. The van der Waals surface area contributed by atoms with Crippen molar-refractivity contribution in [2.75, 3.05) is 26.7 Å². The minimum Gasteiger partial charge on any atom is -0.497 e. The van der Waals surface area contributed by atoms with E-state index in [1.165, 1.54) is 0 Å². The highest BCUT2D eigenvalue weighted by molar-refractivity contribution is 6.31. The number of pyridine rings is 1. The lowest BCUT2D eigenvalue weighted by molar-refractivity contribution is -0.146. The van der Waals surface area contributed by atoms with Crippen molar-refractivity contribution in [1.82, 2.24) is 9.88 Å². The van der Waals surface area contributed by atoms with E-state index in [9.17, 15) is 9.90 Å². The van der Waals surface area contributed by atoms with E-state index in [1.807, 2.05) is 42.5 Å². The van der Waals surface area contributed by atoms with Gasteiger partial charge in [0.2, 0.25) is 0 Å². The van der Waals surface area contributed by atoms with Crippen molar-refractivity contribution in [2.24, 2.45) is 11.8 Å². The summed E-state index contributed by atoms with van der Waals surface area (Å²) in [6.45, 7) is 2.18. The van der Waals surface area contributed by atoms with E-state index in [0.717, 1.165) is 53.8 Å². The van der Waals surface area contributed by atoms with E-state index in [2.05, 4.69) is 9.88 Å². The molecule has 1 N–H and O–H groups in total. The highest BCUT2D eigenvalue weighted by Gasteiger charge is 2.34. The molecule has 5 nitrogen and oxygen atoms in total. The number of piperidine rings is 1. The zero-order chi connectivity index (χ0) is 24.8. The number of halogens is 2. The number of likely N-dealkylation sites (tertiary alicyclic amines) is 1. The van der Waals surface area contributed by atoms with Crippen molar-refractivity contribution in [1.29, 1.82) is 0 Å². The molecular weight excluding hydrogens is 467 g/mol. The molecule has 35 heavy (non-hydrogen) atoms.